The number of aliphatic imine (C=N–C) groups is 1. The third-order valence-electron chi connectivity index (χ3n) is 5.07. The van der Waals surface area contributed by atoms with E-state index < -0.39 is 0 Å². The highest BCUT2D eigenvalue weighted by atomic mass is 35.5. The molecule has 27 heavy (non-hydrogen) atoms. The fraction of sp³-hybridized carbons (Fsp3) is 0.0455. The van der Waals surface area contributed by atoms with Gasteiger partial charge in [-0.1, -0.05) is 48.5 Å². The molecule has 6 rings (SSSR count). The molecule has 3 heterocycles. The number of nitrogens with zero attached hydrogens (tertiary/aromatic N) is 1. The summed E-state index contributed by atoms with van der Waals surface area (Å²) in [7, 11) is 0. The van der Waals surface area contributed by atoms with Crippen molar-refractivity contribution in [2.75, 3.05) is 5.32 Å². The molecule has 1 aliphatic heterocycles. The zero-order valence-corrected chi connectivity index (χ0v) is 15.6. The molecule has 1 unspecified atom stereocenters. The van der Waals surface area contributed by atoms with Crippen LogP contribution in [0.25, 0.3) is 32.0 Å². The van der Waals surface area contributed by atoms with Crippen LogP contribution in [0.5, 0.6) is 0 Å². The number of anilines is 1. The maximum atomic E-state index is 6.41. The van der Waals surface area contributed by atoms with Crippen molar-refractivity contribution in [2.24, 2.45) is 4.99 Å². The van der Waals surface area contributed by atoms with Crippen LogP contribution >= 0.6 is 22.9 Å². The summed E-state index contributed by atoms with van der Waals surface area (Å²) in [6, 6.07) is 22.5. The Kier molecular flexibility index (Phi) is 3.16. The van der Waals surface area contributed by atoms with Crippen molar-refractivity contribution < 1.29 is 4.42 Å². The molecule has 5 heteroatoms. The first-order chi connectivity index (χ1) is 13.3. The molecule has 0 saturated carbocycles. The zero-order valence-electron chi connectivity index (χ0n) is 14.1. The number of amidine groups is 1. The Hall–Kier alpha value is -2.82. The van der Waals surface area contributed by atoms with Gasteiger partial charge in [-0.25, -0.2) is 4.99 Å². The molecule has 1 atom stereocenters. The molecule has 0 aliphatic carbocycles. The number of hydrogen-bond acceptors (Lipinski definition) is 4. The van der Waals surface area contributed by atoms with E-state index in [1.165, 1.54) is 15.0 Å². The lowest BCUT2D eigenvalue weighted by atomic mass is 9.97. The lowest BCUT2D eigenvalue weighted by Crippen LogP contribution is -2.15. The maximum absolute atomic E-state index is 6.41. The molecule has 1 aliphatic rings. The Morgan fingerprint density at radius 3 is 2.59 bits per heavy atom. The fourth-order valence-electron chi connectivity index (χ4n) is 3.93. The van der Waals surface area contributed by atoms with Crippen LogP contribution in [0.1, 0.15) is 16.5 Å². The standard InChI is InChI=1S/C22H13ClN2OS/c23-22-24-19-13-7-2-4-11-17(13)27-21(19)20(25-22)14-8-5-10-16-18(14)12-6-1-3-9-15(12)26-16/h1-11,20H,(H,24,25). The third-order valence-corrected chi connectivity index (χ3v) is 6.49. The molecular formula is C22H13ClN2OS. The van der Waals surface area contributed by atoms with Gasteiger partial charge < -0.3 is 9.73 Å². The lowest BCUT2D eigenvalue weighted by molar-refractivity contribution is 0.668. The number of hydrogen-bond donors (Lipinski definition) is 1. The monoisotopic (exact) mass is 388 g/mol. The smallest absolute Gasteiger partial charge is 0.196 e. The number of halogens is 1. The van der Waals surface area contributed by atoms with E-state index in [1.807, 2.05) is 30.3 Å². The van der Waals surface area contributed by atoms with Gasteiger partial charge in [0, 0.05) is 20.9 Å². The summed E-state index contributed by atoms with van der Waals surface area (Å²) in [5, 5.41) is 7.08. The maximum Gasteiger partial charge on any atom is 0.196 e. The van der Waals surface area contributed by atoms with Gasteiger partial charge in [-0.2, -0.15) is 0 Å². The van der Waals surface area contributed by atoms with Gasteiger partial charge in [0.25, 0.3) is 0 Å². The minimum Gasteiger partial charge on any atom is -0.456 e. The van der Waals surface area contributed by atoms with Gasteiger partial charge in [-0.3, -0.25) is 0 Å². The molecule has 5 aromatic rings. The molecule has 0 radical (unpaired) electrons. The summed E-state index contributed by atoms with van der Waals surface area (Å²) in [6.07, 6.45) is 0. The van der Waals surface area contributed by atoms with Gasteiger partial charge in [0.15, 0.2) is 5.29 Å². The van der Waals surface area contributed by atoms with Crippen LogP contribution in [-0.4, -0.2) is 5.29 Å². The van der Waals surface area contributed by atoms with Crippen LogP contribution in [0.2, 0.25) is 0 Å². The first kappa shape index (κ1) is 15.3. The van der Waals surface area contributed by atoms with Crippen LogP contribution in [0, 0.1) is 0 Å². The van der Waals surface area contributed by atoms with Crippen LogP contribution in [0.3, 0.4) is 0 Å². The van der Waals surface area contributed by atoms with Gasteiger partial charge in [-0.15, -0.1) is 11.3 Å². The molecule has 2 aromatic heterocycles. The molecular weight excluding hydrogens is 376 g/mol. The van der Waals surface area contributed by atoms with E-state index in [2.05, 4.69) is 41.7 Å². The summed E-state index contributed by atoms with van der Waals surface area (Å²) in [5.41, 5.74) is 3.94. The van der Waals surface area contributed by atoms with Crippen molar-refractivity contribution in [1.82, 2.24) is 0 Å². The van der Waals surface area contributed by atoms with Crippen LogP contribution in [-0.2, 0) is 0 Å². The number of benzene rings is 3. The van der Waals surface area contributed by atoms with E-state index in [9.17, 15) is 0 Å². The lowest BCUT2D eigenvalue weighted by Gasteiger charge is -2.21. The van der Waals surface area contributed by atoms with E-state index in [0.717, 1.165) is 33.2 Å². The largest absolute Gasteiger partial charge is 0.456 e. The molecule has 0 fully saturated rings. The summed E-state index contributed by atoms with van der Waals surface area (Å²) < 4.78 is 7.29. The van der Waals surface area contributed by atoms with Crippen molar-refractivity contribution in [1.29, 1.82) is 0 Å². The summed E-state index contributed by atoms with van der Waals surface area (Å²) in [6.45, 7) is 0. The van der Waals surface area contributed by atoms with Crippen molar-refractivity contribution in [3.63, 3.8) is 0 Å². The Morgan fingerprint density at radius 2 is 1.67 bits per heavy atom. The SMILES string of the molecule is ClC1=NC(c2cccc3oc4ccccc4c23)c2sc3ccccc3c2N1. The van der Waals surface area contributed by atoms with E-state index in [0.29, 0.717) is 5.29 Å². The molecule has 3 aromatic carbocycles. The molecule has 0 amide bonds. The fourth-order valence-corrected chi connectivity index (χ4v) is 5.34. The number of fused-ring (bicyclic) bond motifs is 6. The van der Waals surface area contributed by atoms with Crippen molar-refractivity contribution in [3.8, 4) is 0 Å². The molecule has 1 N–H and O–H groups in total. The van der Waals surface area contributed by atoms with E-state index in [1.54, 1.807) is 11.3 Å². The summed E-state index contributed by atoms with van der Waals surface area (Å²) in [4.78, 5) is 5.94. The number of rotatable bonds is 1. The van der Waals surface area contributed by atoms with Crippen molar-refractivity contribution in [2.45, 2.75) is 6.04 Å². The average Bonchev–Trinajstić information content (AvgIpc) is 3.25. The second-order valence-corrected chi connectivity index (χ2v) is 8.05. The highest BCUT2D eigenvalue weighted by Gasteiger charge is 2.28. The van der Waals surface area contributed by atoms with Crippen molar-refractivity contribution in [3.05, 3.63) is 77.2 Å². The highest BCUT2D eigenvalue weighted by Crippen LogP contribution is 2.47. The van der Waals surface area contributed by atoms with Crippen LogP contribution in [0.4, 0.5) is 5.69 Å². The number of nitrogens with one attached hydrogen (secondary N) is 1. The first-order valence-electron chi connectivity index (χ1n) is 8.71. The minimum absolute atomic E-state index is 0.157. The Bertz CT molecular complexity index is 1380. The highest BCUT2D eigenvalue weighted by molar-refractivity contribution is 7.20. The van der Waals surface area contributed by atoms with Gasteiger partial charge >= 0.3 is 0 Å². The number of furan rings is 1. The minimum atomic E-state index is -0.157. The van der Waals surface area contributed by atoms with Crippen molar-refractivity contribution >= 4 is 65.9 Å². The quantitative estimate of drug-likeness (QED) is 0.317. The summed E-state index contributed by atoms with van der Waals surface area (Å²) in [5.74, 6) is 0. The number of para-hydroxylation sites is 1. The summed E-state index contributed by atoms with van der Waals surface area (Å²) >= 11 is 8.17. The zero-order chi connectivity index (χ0) is 18.0. The topological polar surface area (TPSA) is 37.5 Å². The molecule has 0 bridgehead atoms. The number of thiophene rings is 1. The van der Waals surface area contributed by atoms with Crippen LogP contribution < -0.4 is 5.32 Å². The normalized spacial score (nSPS) is 16.5. The first-order valence-corrected chi connectivity index (χ1v) is 9.91. The van der Waals surface area contributed by atoms with E-state index >= 15 is 0 Å². The predicted molar refractivity (Wildman–Crippen MR) is 114 cm³/mol. The van der Waals surface area contributed by atoms with Gasteiger partial charge in [0.05, 0.1) is 10.6 Å². The molecule has 0 saturated heterocycles. The van der Waals surface area contributed by atoms with E-state index in [4.69, 9.17) is 21.0 Å². The Morgan fingerprint density at radius 1 is 0.889 bits per heavy atom. The van der Waals surface area contributed by atoms with Crippen LogP contribution in [0.15, 0.2) is 76.1 Å². The second kappa shape index (κ2) is 5.59. The van der Waals surface area contributed by atoms with Gasteiger partial charge in [-0.05, 0) is 35.4 Å². The van der Waals surface area contributed by atoms with Gasteiger partial charge in [0.2, 0.25) is 0 Å². The Balaban J connectivity index is 1.69. The Labute approximate surface area is 163 Å². The second-order valence-electron chi connectivity index (χ2n) is 6.60. The van der Waals surface area contributed by atoms with E-state index in [-0.39, 0.29) is 6.04 Å². The third kappa shape index (κ3) is 2.17. The predicted octanol–water partition coefficient (Wildman–Crippen LogP) is 6.91. The molecule has 3 nitrogen and oxygen atoms in total. The van der Waals surface area contributed by atoms with Gasteiger partial charge in [0.1, 0.15) is 17.2 Å². The average molecular weight is 389 g/mol. The molecule has 130 valence electrons. The molecule has 0 spiro atoms.